The molecule has 0 radical (unpaired) electrons. The lowest BCUT2D eigenvalue weighted by molar-refractivity contribution is 0.0936. The summed E-state index contributed by atoms with van der Waals surface area (Å²) >= 11 is 0. The maximum absolute atomic E-state index is 12.9. The van der Waals surface area contributed by atoms with Crippen LogP contribution in [0.1, 0.15) is 46.1 Å². The van der Waals surface area contributed by atoms with Crippen molar-refractivity contribution in [2.24, 2.45) is 0 Å². The highest BCUT2D eigenvalue weighted by Crippen LogP contribution is 2.23. The normalized spacial score (nSPS) is 13.1. The van der Waals surface area contributed by atoms with Crippen LogP contribution in [0.4, 0.5) is 5.69 Å². The van der Waals surface area contributed by atoms with Gasteiger partial charge >= 0.3 is 0 Å². The number of imidazole rings is 1. The summed E-state index contributed by atoms with van der Waals surface area (Å²) in [5.41, 5.74) is 1.82. The first-order chi connectivity index (χ1) is 14.0. The summed E-state index contributed by atoms with van der Waals surface area (Å²) in [4.78, 5) is 32.0. The molecule has 3 rings (SSSR count). The van der Waals surface area contributed by atoms with Gasteiger partial charge in [0.1, 0.15) is 5.75 Å². The van der Waals surface area contributed by atoms with E-state index in [1.807, 2.05) is 18.7 Å². The summed E-state index contributed by atoms with van der Waals surface area (Å²) in [6.07, 6.45) is 3.56. The molecular formula is C21H29N5O3. The van der Waals surface area contributed by atoms with Crippen LogP contribution in [0, 0.1) is 0 Å². The van der Waals surface area contributed by atoms with E-state index in [1.165, 1.54) is 0 Å². The van der Waals surface area contributed by atoms with Gasteiger partial charge in [-0.05, 0) is 70.6 Å². The van der Waals surface area contributed by atoms with Crippen molar-refractivity contribution in [1.29, 1.82) is 0 Å². The monoisotopic (exact) mass is 399 g/mol. The minimum Gasteiger partial charge on any atom is -0.497 e. The van der Waals surface area contributed by atoms with Crippen molar-refractivity contribution in [2.75, 3.05) is 39.6 Å². The molecule has 1 aromatic carbocycles. The standard InChI is InChI=1S/C21H29N5O3/c1-25(2)13-6-12-22-21(28)19-24-18(17-7-4-5-14-26(17)19)20(27)23-15-8-10-16(29-3)11-9-15/h8-11H,4-7,12-14H2,1-3H3,(H,22,28)(H,23,27). The molecular weight excluding hydrogens is 370 g/mol. The van der Waals surface area contributed by atoms with Gasteiger partial charge in [-0.15, -0.1) is 0 Å². The molecule has 1 aliphatic rings. The molecule has 0 atom stereocenters. The second kappa shape index (κ2) is 9.56. The van der Waals surface area contributed by atoms with Crippen molar-refractivity contribution in [3.05, 3.63) is 41.5 Å². The SMILES string of the molecule is COc1ccc(NC(=O)c2nc(C(=O)NCCCN(C)C)n3c2CCCC3)cc1. The third kappa shape index (κ3) is 5.14. The van der Waals surface area contributed by atoms with Crippen molar-refractivity contribution in [3.63, 3.8) is 0 Å². The minimum absolute atomic E-state index is 0.226. The Labute approximate surface area is 171 Å². The van der Waals surface area contributed by atoms with Gasteiger partial charge in [0.2, 0.25) is 0 Å². The van der Waals surface area contributed by atoms with Crippen LogP contribution in [0.25, 0.3) is 0 Å². The zero-order valence-electron chi connectivity index (χ0n) is 17.3. The zero-order chi connectivity index (χ0) is 20.8. The summed E-state index contributed by atoms with van der Waals surface area (Å²) in [7, 11) is 5.60. The van der Waals surface area contributed by atoms with Crippen LogP contribution in [0.2, 0.25) is 0 Å². The van der Waals surface area contributed by atoms with Gasteiger partial charge in [0.15, 0.2) is 11.5 Å². The fraction of sp³-hybridized carbons (Fsp3) is 0.476. The summed E-state index contributed by atoms with van der Waals surface area (Å²) in [6, 6.07) is 7.12. The number of carbonyl (C=O) groups excluding carboxylic acids is 2. The van der Waals surface area contributed by atoms with Crippen LogP contribution in [0.3, 0.4) is 0 Å². The van der Waals surface area contributed by atoms with E-state index in [0.717, 1.165) is 43.7 Å². The molecule has 156 valence electrons. The Hall–Kier alpha value is -2.87. The third-order valence-electron chi connectivity index (χ3n) is 4.95. The van der Waals surface area contributed by atoms with Crippen molar-refractivity contribution in [2.45, 2.75) is 32.2 Å². The second-order valence-electron chi connectivity index (χ2n) is 7.43. The number of rotatable bonds is 8. The number of fused-ring (bicyclic) bond motifs is 1. The largest absolute Gasteiger partial charge is 0.497 e. The maximum atomic E-state index is 12.9. The van der Waals surface area contributed by atoms with E-state index in [2.05, 4.69) is 20.5 Å². The summed E-state index contributed by atoms with van der Waals surface area (Å²) < 4.78 is 7.04. The predicted octanol–water partition coefficient (Wildman–Crippen LogP) is 2.16. The topological polar surface area (TPSA) is 88.5 Å². The molecule has 0 aliphatic carbocycles. The lowest BCUT2D eigenvalue weighted by Gasteiger charge is -2.17. The quantitative estimate of drug-likeness (QED) is 0.664. The molecule has 0 bridgehead atoms. The highest BCUT2D eigenvalue weighted by atomic mass is 16.5. The van der Waals surface area contributed by atoms with E-state index in [9.17, 15) is 9.59 Å². The lowest BCUT2D eigenvalue weighted by Crippen LogP contribution is -2.30. The number of nitrogens with one attached hydrogen (secondary N) is 2. The van der Waals surface area contributed by atoms with Crippen molar-refractivity contribution in [1.82, 2.24) is 19.8 Å². The van der Waals surface area contributed by atoms with E-state index < -0.39 is 0 Å². The number of nitrogens with zero attached hydrogens (tertiary/aromatic N) is 3. The Bertz CT molecular complexity index is 858. The minimum atomic E-state index is -0.299. The Morgan fingerprint density at radius 3 is 2.62 bits per heavy atom. The average Bonchev–Trinajstić information content (AvgIpc) is 3.11. The molecule has 2 amide bonds. The van der Waals surface area contributed by atoms with Crippen LogP contribution < -0.4 is 15.4 Å². The molecule has 0 spiro atoms. The number of hydrogen-bond donors (Lipinski definition) is 2. The van der Waals surface area contributed by atoms with Gasteiger partial charge in [-0.3, -0.25) is 9.59 Å². The number of amides is 2. The molecule has 0 unspecified atom stereocenters. The molecule has 1 aliphatic heterocycles. The first-order valence-electron chi connectivity index (χ1n) is 9.97. The molecule has 29 heavy (non-hydrogen) atoms. The number of ether oxygens (including phenoxy) is 1. The van der Waals surface area contributed by atoms with Crippen molar-refractivity contribution < 1.29 is 14.3 Å². The predicted molar refractivity (Wildman–Crippen MR) is 112 cm³/mol. The Morgan fingerprint density at radius 1 is 1.17 bits per heavy atom. The van der Waals surface area contributed by atoms with Crippen molar-refractivity contribution in [3.8, 4) is 5.75 Å². The molecule has 0 saturated heterocycles. The molecule has 1 aromatic heterocycles. The van der Waals surface area contributed by atoms with E-state index in [1.54, 1.807) is 31.4 Å². The Kier molecular flexibility index (Phi) is 6.87. The molecule has 2 aromatic rings. The number of hydrogen-bond acceptors (Lipinski definition) is 5. The van der Waals surface area contributed by atoms with Crippen molar-refractivity contribution >= 4 is 17.5 Å². The summed E-state index contributed by atoms with van der Waals surface area (Å²) in [5.74, 6) is 0.517. The second-order valence-corrected chi connectivity index (χ2v) is 7.43. The van der Waals surface area contributed by atoms with Gasteiger partial charge in [-0.2, -0.15) is 0 Å². The molecule has 2 N–H and O–H groups in total. The van der Waals surface area contributed by atoms with Gasteiger partial charge in [-0.25, -0.2) is 4.98 Å². The third-order valence-corrected chi connectivity index (χ3v) is 4.95. The highest BCUT2D eigenvalue weighted by Gasteiger charge is 2.27. The van der Waals surface area contributed by atoms with Crippen LogP contribution >= 0.6 is 0 Å². The van der Waals surface area contributed by atoms with Gasteiger partial charge in [0.25, 0.3) is 11.8 Å². The molecule has 8 nitrogen and oxygen atoms in total. The van der Waals surface area contributed by atoms with Gasteiger partial charge < -0.3 is 24.8 Å². The fourth-order valence-corrected chi connectivity index (χ4v) is 3.44. The first-order valence-corrected chi connectivity index (χ1v) is 9.97. The van der Waals surface area contributed by atoms with Crippen LogP contribution in [0.5, 0.6) is 5.75 Å². The molecule has 8 heteroatoms. The Morgan fingerprint density at radius 2 is 1.93 bits per heavy atom. The Balaban J connectivity index is 1.74. The fourth-order valence-electron chi connectivity index (χ4n) is 3.44. The number of anilines is 1. The summed E-state index contributed by atoms with van der Waals surface area (Å²) in [6.45, 7) is 2.18. The number of aromatic nitrogens is 2. The molecule has 2 heterocycles. The molecule has 0 saturated carbocycles. The number of benzene rings is 1. The maximum Gasteiger partial charge on any atom is 0.287 e. The first kappa shape index (κ1) is 20.9. The number of carbonyl (C=O) groups is 2. The van der Waals surface area contributed by atoms with Gasteiger partial charge in [0.05, 0.1) is 12.8 Å². The lowest BCUT2D eigenvalue weighted by atomic mass is 10.1. The van der Waals surface area contributed by atoms with Crippen LogP contribution in [-0.2, 0) is 13.0 Å². The summed E-state index contributed by atoms with van der Waals surface area (Å²) in [5, 5.41) is 5.79. The zero-order valence-corrected chi connectivity index (χ0v) is 17.3. The van der Waals surface area contributed by atoms with Gasteiger partial charge in [-0.1, -0.05) is 0 Å². The van der Waals surface area contributed by atoms with E-state index in [-0.39, 0.29) is 11.8 Å². The van der Waals surface area contributed by atoms with Crippen LogP contribution in [-0.4, -0.2) is 60.6 Å². The van der Waals surface area contributed by atoms with E-state index in [4.69, 9.17) is 4.74 Å². The van der Waals surface area contributed by atoms with Gasteiger partial charge in [0, 0.05) is 18.8 Å². The van der Waals surface area contributed by atoms with E-state index >= 15 is 0 Å². The highest BCUT2D eigenvalue weighted by molar-refractivity contribution is 6.05. The van der Waals surface area contributed by atoms with E-state index in [0.29, 0.717) is 30.3 Å². The number of methoxy groups -OCH3 is 1. The van der Waals surface area contributed by atoms with Crippen LogP contribution in [0.15, 0.2) is 24.3 Å². The molecule has 0 fully saturated rings. The average molecular weight is 399 g/mol. The smallest absolute Gasteiger partial charge is 0.287 e.